The van der Waals surface area contributed by atoms with Gasteiger partial charge in [-0.25, -0.2) is 0 Å². The van der Waals surface area contributed by atoms with Crippen molar-refractivity contribution in [1.29, 1.82) is 0 Å². The molecule has 58 valence electrons. The fraction of sp³-hybridized carbons (Fsp3) is 0.875. The molecule has 1 N–H and O–H groups in total. The van der Waals surface area contributed by atoms with Gasteiger partial charge in [0.05, 0.1) is 0 Å². The lowest BCUT2D eigenvalue weighted by Gasteiger charge is -1.92. The largest absolute Gasteiger partial charge is 0.310 e. The van der Waals surface area contributed by atoms with E-state index >= 15 is 0 Å². The van der Waals surface area contributed by atoms with E-state index in [9.17, 15) is 0 Å². The van der Waals surface area contributed by atoms with Crippen LogP contribution < -0.4 is 5.43 Å². The minimum atomic E-state index is 0.768. The molecule has 1 aliphatic rings. The highest BCUT2D eigenvalue weighted by molar-refractivity contribution is 5.64. The van der Waals surface area contributed by atoms with Crippen LogP contribution in [0.5, 0.6) is 0 Å². The molecule has 0 amide bonds. The smallest absolute Gasteiger partial charge is 0.0326 e. The van der Waals surface area contributed by atoms with Crippen molar-refractivity contribution < 1.29 is 0 Å². The Hall–Kier alpha value is -0.530. The minimum Gasteiger partial charge on any atom is -0.310 e. The summed E-state index contributed by atoms with van der Waals surface area (Å²) in [6.45, 7) is 5.40. The van der Waals surface area contributed by atoms with E-state index in [1.165, 1.54) is 6.42 Å². The van der Waals surface area contributed by atoms with Gasteiger partial charge in [0.15, 0.2) is 0 Å². The van der Waals surface area contributed by atoms with Gasteiger partial charge in [0.25, 0.3) is 0 Å². The molecule has 0 aromatic heterocycles. The Morgan fingerprint density at radius 2 is 2.40 bits per heavy atom. The van der Waals surface area contributed by atoms with Gasteiger partial charge in [-0.05, 0) is 24.7 Å². The third kappa shape index (κ3) is 2.38. The van der Waals surface area contributed by atoms with Gasteiger partial charge in [0, 0.05) is 12.8 Å². The molecule has 1 rings (SSSR count). The molecule has 0 aromatic rings. The Balaban J connectivity index is 1.96. The van der Waals surface area contributed by atoms with Crippen molar-refractivity contribution >= 4 is 6.21 Å². The van der Waals surface area contributed by atoms with Crippen molar-refractivity contribution in [3.05, 3.63) is 0 Å². The van der Waals surface area contributed by atoms with E-state index < -0.39 is 0 Å². The van der Waals surface area contributed by atoms with Crippen LogP contribution >= 0.6 is 0 Å². The standard InChI is InChI=1S/C8H16N2/c1-3-4-9-10-6-8-5-7(8)2/h6-9H,3-5H2,1-2H3/b10-6+. The normalized spacial score (nSPS) is 31.0. The fourth-order valence-corrected chi connectivity index (χ4v) is 0.883. The molecule has 1 aliphatic carbocycles. The molecule has 0 spiro atoms. The predicted octanol–water partition coefficient (Wildman–Crippen LogP) is 1.63. The number of hydrogen-bond acceptors (Lipinski definition) is 2. The third-order valence-electron chi connectivity index (χ3n) is 1.89. The fourth-order valence-electron chi connectivity index (χ4n) is 0.883. The summed E-state index contributed by atoms with van der Waals surface area (Å²) >= 11 is 0. The first-order valence-electron chi connectivity index (χ1n) is 4.10. The van der Waals surface area contributed by atoms with Gasteiger partial charge in [-0.1, -0.05) is 13.8 Å². The molecule has 0 radical (unpaired) electrons. The summed E-state index contributed by atoms with van der Waals surface area (Å²) < 4.78 is 0. The zero-order valence-electron chi connectivity index (χ0n) is 6.80. The monoisotopic (exact) mass is 140 g/mol. The molecule has 1 saturated carbocycles. The molecule has 0 aliphatic heterocycles. The van der Waals surface area contributed by atoms with E-state index in [0.717, 1.165) is 24.8 Å². The van der Waals surface area contributed by atoms with Gasteiger partial charge < -0.3 is 5.43 Å². The Morgan fingerprint density at radius 3 is 2.90 bits per heavy atom. The van der Waals surface area contributed by atoms with Crippen LogP contribution in [0.2, 0.25) is 0 Å². The minimum absolute atomic E-state index is 0.768. The lowest BCUT2D eigenvalue weighted by atomic mass is 10.4. The maximum Gasteiger partial charge on any atom is 0.0326 e. The highest BCUT2D eigenvalue weighted by Crippen LogP contribution is 2.35. The topological polar surface area (TPSA) is 24.4 Å². The molecule has 1 fully saturated rings. The van der Waals surface area contributed by atoms with Crippen LogP contribution in [0, 0.1) is 11.8 Å². The van der Waals surface area contributed by atoms with Crippen molar-refractivity contribution in [2.24, 2.45) is 16.9 Å². The van der Waals surface area contributed by atoms with Crippen molar-refractivity contribution in [3.8, 4) is 0 Å². The molecule has 0 aromatic carbocycles. The van der Waals surface area contributed by atoms with E-state index in [-0.39, 0.29) is 0 Å². The average Bonchev–Trinajstić information content (AvgIpc) is 2.60. The predicted molar refractivity (Wildman–Crippen MR) is 44.1 cm³/mol. The van der Waals surface area contributed by atoms with Gasteiger partial charge in [-0.2, -0.15) is 5.10 Å². The van der Waals surface area contributed by atoms with Crippen LogP contribution in [0.15, 0.2) is 5.10 Å². The second-order valence-corrected chi connectivity index (χ2v) is 3.06. The van der Waals surface area contributed by atoms with Crippen LogP contribution in [-0.2, 0) is 0 Å². The molecule has 2 nitrogen and oxygen atoms in total. The first-order valence-corrected chi connectivity index (χ1v) is 4.10. The molecule has 0 saturated heterocycles. The molecular weight excluding hydrogens is 124 g/mol. The molecule has 2 atom stereocenters. The zero-order valence-corrected chi connectivity index (χ0v) is 6.80. The second kappa shape index (κ2) is 3.59. The Labute approximate surface area is 62.7 Å². The van der Waals surface area contributed by atoms with Crippen molar-refractivity contribution in [3.63, 3.8) is 0 Å². The number of hydrazone groups is 1. The van der Waals surface area contributed by atoms with Crippen LogP contribution in [0.4, 0.5) is 0 Å². The second-order valence-electron chi connectivity index (χ2n) is 3.06. The van der Waals surface area contributed by atoms with Gasteiger partial charge in [0.2, 0.25) is 0 Å². The van der Waals surface area contributed by atoms with E-state index in [2.05, 4.69) is 24.4 Å². The summed E-state index contributed by atoms with van der Waals surface area (Å²) in [6.07, 6.45) is 4.52. The van der Waals surface area contributed by atoms with Crippen molar-refractivity contribution in [2.45, 2.75) is 26.7 Å². The first-order chi connectivity index (χ1) is 4.84. The van der Waals surface area contributed by atoms with Crippen LogP contribution in [0.1, 0.15) is 26.7 Å². The lowest BCUT2D eigenvalue weighted by Crippen LogP contribution is -2.06. The van der Waals surface area contributed by atoms with Crippen LogP contribution in [0.3, 0.4) is 0 Å². The summed E-state index contributed by atoms with van der Waals surface area (Å²) in [5.41, 5.74) is 3.00. The number of nitrogens with zero attached hydrogens (tertiary/aromatic N) is 1. The highest BCUT2D eigenvalue weighted by Gasteiger charge is 2.30. The van der Waals surface area contributed by atoms with E-state index in [1.54, 1.807) is 0 Å². The van der Waals surface area contributed by atoms with E-state index in [0.29, 0.717) is 0 Å². The maximum absolute atomic E-state index is 4.10. The molecule has 2 unspecified atom stereocenters. The summed E-state index contributed by atoms with van der Waals surface area (Å²) in [5, 5.41) is 4.10. The molecule has 0 bridgehead atoms. The highest BCUT2D eigenvalue weighted by atomic mass is 15.3. The quantitative estimate of drug-likeness (QED) is 0.358. The zero-order chi connectivity index (χ0) is 7.40. The van der Waals surface area contributed by atoms with E-state index in [1.807, 2.05) is 6.21 Å². The van der Waals surface area contributed by atoms with Crippen LogP contribution in [0.25, 0.3) is 0 Å². The van der Waals surface area contributed by atoms with Crippen LogP contribution in [-0.4, -0.2) is 12.8 Å². The Kier molecular flexibility index (Phi) is 2.72. The summed E-state index contributed by atoms with van der Waals surface area (Å²) in [4.78, 5) is 0. The SMILES string of the molecule is CCCN/N=C/C1CC1C. The average molecular weight is 140 g/mol. The number of nitrogens with one attached hydrogen (secondary N) is 1. The van der Waals surface area contributed by atoms with Gasteiger partial charge in [-0.15, -0.1) is 0 Å². The van der Waals surface area contributed by atoms with E-state index in [4.69, 9.17) is 0 Å². The summed E-state index contributed by atoms with van der Waals surface area (Å²) in [7, 11) is 0. The molecule has 2 heteroatoms. The maximum atomic E-state index is 4.10. The summed E-state index contributed by atoms with van der Waals surface area (Å²) in [6, 6.07) is 0. The van der Waals surface area contributed by atoms with Gasteiger partial charge in [0.1, 0.15) is 0 Å². The molecule has 10 heavy (non-hydrogen) atoms. The van der Waals surface area contributed by atoms with Crippen molar-refractivity contribution in [1.82, 2.24) is 5.43 Å². The third-order valence-corrected chi connectivity index (χ3v) is 1.89. The first kappa shape index (κ1) is 7.58. The van der Waals surface area contributed by atoms with Gasteiger partial charge in [-0.3, -0.25) is 0 Å². The van der Waals surface area contributed by atoms with Crippen molar-refractivity contribution in [2.75, 3.05) is 6.54 Å². The Morgan fingerprint density at radius 1 is 1.70 bits per heavy atom. The van der Waals surface area contributed by atoms with Gasteiger partial charge >= 0.3 is 0 Å². The number of hydrogen-bond donors (Lipinski definition) is 1. The molecule has 0 heterocycles. The Bertz CT molecular complexity index is 120. The number of rotatable bonds is 4. The summed E-state index contributed by atoms with van der Waals surface area (Å²) in [5.74, 6) is 1.65. The lowest BCUT2D eigenvalue weighted by molar-refractivity contribution is 0.714. The molecular formula is C8H16N2.